The lowest BCUT2D eigenvalue weighted by molar-refractivity contribution is 0.0270. The summed E-state index contributed by atoms with van der Waals surface area (Å²) in [5.74, 6) is 0. The van der Waals surface area contributed by atoms with E-state index >= 15 is 0 Å². The molecule has 0 fully saturated rings. The smallest absolute Gasteiger partial charge is 0.410 e. The number of hydrogen-bond acceptors (Lipinski definition) is 4. The molecular weight excluding hydrogens is 355 g/mol. The Labute approximate surface area is 151 Å². The molecule has 0 unspecified atom stereocenters. The average Bonchev–Trinajstić information content (AvgIpc) is 2.45. The zero-order valence-electron chi connectivity index (χ0n) is 13.2. The molecule has 0 radical (unpaired) electrons. The maximum absolute atomic E-state index is 12.1. The number of hydrogen-bond donors (Lipinski definition) is 0. The van der Waals surface area contributed by atoms with Gasteiger partial charge in [-0.1, -0.05) is 29.3 Å². The zero-order chi connectivity index (χ0) is 17.2. The van der Waals surface area contributed by atoms with Crippen molar-refractivity contribution in [3.63, 3.8) is 0 Å². The van der Waals surface area contributed by atoms with Crippen LogP contribution < -0.4 is 0 Å². The van der Waals surface area contributed by atoms with Gasteiger partial charge in [-0.3, -0.25) is 0 Å². The average molecular weight is 373 g/mol. The molecule has 1 aliphatic heterocycles. The van der Waals surface area contributed by atoms with E-state index in [9.17, 15) is 4.79 Å². The lowest BCUT2D eigenvalue weighted by Crippen LogP contribution is -2.39. The molecule has 1 aliphatic rings. The van der Waals surface area contributed by atoms with Gasteiger partial charge >= 0.3 is 6.09 Å². The van der Waals surface area contributed by atoms with Crippen molar-refractivity contribution in [2.45, 2.75) is 32.8 Å². The maximum Gasteiger partial charge on any atom is 0.410 e. The highest BCUT2D eigenvalue weighted by Gasteiger charge is 2.25. The number of nitrogens with zero attached hydrogens (tertiary/aromatic N) is 2. The van der Waals surface area contributed by atoms with E-state index in [1.807, 2.05) is 26.8 Å². The summed E-state index contributed by atoms with van der Waals surface area (Å²) >= 11 is 17.3. The molecule has 23 heavy (non-hydrogen) atoms. The predicted molar refractivity (Wildman–Crippen MR) is 96.3 cm³/mol. The molecule has 7 heteroatoms. The number of carbonyl (C=O) groups is 1. The van der Waals surface area contributed by atoms with E-state index in [0.29, 0.717) is 35.2 Å². The van der Waals surface area contributed by atoms with Crippen LogP contribution in [0.3, 0.4) is 0 Å². The van der Waals surface area contributed by atoms with Crippen LogP contribution in [0, 0.1) is 0 Å². The summed E-state index contributed by atoms with van der Waals surface area (Å²) in [7, 11) is 0. The summed E-state index contributed by atoms with van der Waals surface area (Å²) < 4.78 is 9.05. The molecular formula is C16H18Cl2N2O2S. The van der Waals surface area contributed by atoms with Crippen molar-refractivity contribution in [3.8, 4) is 0 Å². The summed E-state index contributed by atoms with van der Waals surface area (Å²) in [4.78, 5) is 13.7. The minimum atomic E-state index is -0.503. The van der Waals surface area contributed by atoms with Crippen molar-refractivity contribution in [3.05, 3.63) is 33.8 Å². The van der Waals surface area contributed by atoms with Crippen molar-refractivity contribution >= 4 is 53.0 Å². The van der Waals surface area contributed by atoms with E-state index in [1.165, 1.54) is 0 Å². The van der Waals surface area contributed by atoms with E-state index in [0.717, 1.165) is 11.1 Å². The van der Waals surface area contributed by atoms with Gasteiger partial charge < -0.3 is 9.64 Å². The fraction of sp³-hybridized carbons (Fsp3) is 0.438. The maximum atomic E-state index is 12.1. The Balaban J connectivity index is 2.17. The lowest BCUT2D eigenvalue weighted by atomic mass is 9.99. The topological polar surface area (TPSA) is 41.9 Å². The Morgan fingerprint density at radius 2 is 1.91 bits per heavy atom. The third kappa shape index (κ3) is 4.66. The Hall–Kier alpha value is -1.17. The summed E-state index contributed by atoms with van der Waals surface area (Å²) in [6.07, 6.45) is 2.29. The van der Waals surface area contributed by atoms with E-state index in [2.05, 4.69) is 16.8 Å². The molecule has 2 rings (SSSR count). The lowest BCUT2D eigenvalue weighted by Gasteiger charge is -2.30. The Morgan fingerprint density at radius 1 is 1.30 bits per heavy atom. The van der Waals surface area contributed by atoms with E-state index in [4.69, 9.17) is 27.9 Å². The van der Waals surface area contributed by atoms with Gasteiger partial charge in [-0.25, -0.2) is 4.79 Å². The van der Waals surface area contributed by atoms with E-state index in [1.54, 1.807) is 17.0 Å². The molecule has 0 atom stereocenters. The number of carbonyl (C=O) groups excluding carboxylic acids is 1. The molecule has 0 N–H and O–H groups in total. The molecule has 0 spiro atoms. The Bertz CT molecular complexity index is 646. The molecule has 4 nitrogen and oxygen atoms in total. The number of rotatable bonds is 2. The third-order valence-electron chi connectivity index (χ3n) is 3.31. The second-order valence-electron chi connectivity index (χ2n) is 6.28. The summed E-state index contributed by atoms with van der Waals surface area (Å²) in [5.41, 5.74) is 1.85. The molecule has 0 aliphatic carbocycles. The quantitative estimate of drug-likeness (QED) is 0.699. The van der Waals surface area contributed by atoms with Gasteiger partial charge in [0, 0.05) is 31.1 Å². The molecule has 1 aromatic rings. The van der Waals surface area contributed by atoms with Crippen LogP contribution in [0.2, 0.25) is 10.0 Å². The SMILES string of the molecule is CC(C)(C)OC(=O)N1CC=C(c2c(Cl)cc(N=S)cc2Cl)CC1. The predicted octanol–water partition coefficient (Wildman–Crippen LogP) is 5.38. The molecule has 1 heterocycles. The first kappa shape index (κ1) is 18.2. The van der Waals surface area contributed by atoms with E-state index in [-0.39, 0.29) is 6.09 Å². The van der Waals surface area contributed by atoms with Crippen LogP contribution in [-0.2, 0) is 17.2 Å². The van der Waals surface area contributed by atoms with E-state index < -0.39 is 5.60 Å². The molecule has 0 bridgehead atoms. The van der Waals surface area contributed by atoms with Crippen LogP contribution in [0.4, 0.5) is 10.5 Å². The number of halogens is 2. The largest absolute Gasteiger partial charge is 0.444 e. The normalized spacial score (nSPS) is 15.2. The van der Waals surface area contributed by atoms with Gasteiger partial charge in [-0.05, 0) is 44.9 Å². The van der Waals surface area contributed by atoms with Crippen LogP contribution in [-0.4, -0.2) is 29.7 Å². The summed E-state index contributed by atoms with van der Waals surface area (Å²) in [6, 6.07) is 3.38. The van der Waals surface area contributed by atoms with Gasteiger partial charge in [0.1, 0.15) is 5.60 Å². The van der Waals surface area contributed by atoms with Crippen molar-refractivity contribution in [1.82, 2.24) is 4.90 Å². The molecule has 124 valence electrons. The minimum absolute atomic E-state index is 0.315. The fourth-order valence-electron chi connectivity index (χ4n) is 2.31. The highest BCUT2D eigenvalue weighted by Crippen LogP contribution is 2.37. The standard InChI is InChI=1S/C16H18Cl2N2O2S/c1-16(2,3)22-15(21)20-6-4-10(5-7-20)14-12(17)8-11(19-23)9-13(14)18/h4,8-9H,5-7H2,1-3H3. The summed E-state index contributed by atoms with van der Waals surface area (Å²) in [5, 5.41) is 1.02. The molecule has 0 saturated heterocycles. The van der Waals surface area contributed by atoms with Crippen molar-refractivity contribution in [2.75, 3.05) is 13.1 Å². The number of benzene rings is 1. The van der Waals surface area contributed by atoms with Crippen LogP contribution in [0.5, 0.6) is 0 Å². The van der Waals surface area contributed by atoms with Crippen LogP contribution in [0.1, 0.15) is 32.8 Å². The monoisotopic (exact) mass is 372 g/mol. The second kappa shape index (κ2) is 7.16. The number of amides is 1. The molecule has 1 amide bonds. The second-order valence-corrected chi connectivity index (χ2v) is 7.28. The van der Waals surface area contributed by atoms with Crippen LogP contribution in [0.25, 0.3) is 5.57 Å². The minimum Gasteiger partial charge on any atom is -0.444 e. The first-order valence-corrected chi connectivity index (χ1v) is 8.33. The summed E-state index contributed by atoms with van der Waals surface area (Å²) in [6.45, 7) is 6.56. The molecule has 1 aromatic carbocycles. The van der Waals surface area contributed by atoms with Crippen LogP contribution >= 0.6 is 23.2 Å². The van der Waals surface area contributed by atoms with Gasteiger partial charge in [0.25, 0.3) is 0 Å². The van der Waals surface area contributed by atoms with Crippen molar-refractivity contribution in [2.24, 2.45) is 4.36 Å². The van der Waals surface area contributed by atoms with Gasteiger partial charge in [0.15, 0.2) is 0 Å². The number of ether oxygens (including phenoxy) is 1. The Morgan fingerprint density at radius 3 is 2.35 bits per heavy atom. The molecule has 0 aromatic heterocycles. The third-order valence-corrected chi connectivity index (χ3v) is 4.12. The van der Waals surface area contributed by atoms with Crippen molar-refractivity contribution in [1.29, 1.82) is 0 Å². The first-order valence-electron chi connectivity index (χ1n) is 7.21. The van der Waals surface area contributed by atoms with Gasteiger partial charge in [-0.2, -0.15) is 4.36 Å². The van der Waals surface area contributed by atoms with Gasteiger partial charge in [-0.15, -0.1) is 0 Å². The first-order chi connectivity index (χ1) is 10.7. The van der Waals surface area contributed by atoms with Gasteiger partial charge in [0.05, 0.1) is 15.7 Å². The molecule has 0 saturated carbocycles. The van der Waals surface area contributed by atoms with Gasteiger partial charge in [0.2, 0.25) is 0 Å². The van der Waals surface area contributed by atoms with Crippen LogP contribution in [0.15, 0.2) is 22.6 Å². The zero-order valence-corrected chi connectivity index (χ0v) is 15.6. The highest BCUT2D eigenvalue weighted by atomic mass is 35.5. The fourth-order valence-corrected chi connectivity index (χ4v) is 3.13. The van der Waals surface area contributed by atoms with Crippen molar-refractivity contribution < 1.29 is 9.53 Å². The highest BCUT2D eigenvalue weighted by molar-refractivity contribution is 7.47. The Kier molecular flexibility index (Phi) is 5.65.